The number of Topliss-reactive ketones (excluding diaryl/α,β-unsaturated/α-hetero) is 2. The summed E-state index contributed by atoms with van der Waals surface area (Å²) >= 11 is 4.85. The minimum atomic E-state index is -3.33. The van der Waals surface area contributed by atoms with Crippen molar-refractivity contribution in [1.82, 2.24) is 4.98 Å². The number of aliphatic carboxylic acids is 1. The van der Waals surface area contributed by atoms with E-state index in [9.17, 15) is 90.3 Å². The summed E-state index contributed by atoms with van der Waals surface area (Å²) in [6.07, 6.45) is 15.6. The lowest BCUT2D eigenvalue weighted by Gasteiger charge is -2.10. The fourth-order valence-corrected chi connectivity index (χ4v) is 24.0. The van der Waals surface area contributed by atoms with Gasteiger partial charge in [0.05, 0.1) is 130 Å². The number of carboxylic acids is 1. The Balaban J connectivity index is 0.000000304. The molecule has 0 bridgehead atoms. The van der Waals surface area contributed by atoms with Crippen molar-refractivity contribution in [2.45, 2.75) is 221 Å². The maximum absolute atomic E-state index is 12.8. The van der Waals surface area contributed by atoms with E-state index < -0.39 is 96.5 Å². The number of rotatable bonds is 34. The molecule has 3 aliphatic heterocycles. The fraction of sp³-hybridized carbons (Fsp3) is 0.404. The van der Waals surface area contributed by atoms with E-state index >= 15 is 0 Å². The van der Waals surface area contributed by atoms with E-state index in [1.165, 1.54) is 167 Å². The van der Waals surface area contributed by atoms with E-state index in [1.54, 1.807) is 24.3 Å². The third-order valence-corrected chi connectivity index (χ3v) is 36.9. The highest BCUT2D eigenvalue weighted by Gasteiger charge is 2.42. The van der Waals surface area contributed by atoms with E-state index in [4.69, 9.17) is 38.7 Å². The Bertz CT molecular complexity index is 6490. The van der Waals surface area contributed by atoms with Crippen LogP contribution >= 0.6 is 34.9 Å². The number of esters is 4. The zero-order valence-corrected chi connectivity index (χ0v) is 84.1. The van der Waals surface area contributed by atoms with E-state index in [0.717, 1.165) is 33.8 Å². The van der Waals surface area contributed by atoms with Crippen molar-refractivity contribution < 1.29 is 149 Å². The second-order valence-corrected chi connectivity index (χ2v) is 47.9. The number of sulfone groups is 5. The number of aldehydes is 1. The number of nitrogens with zero attached hydrogens (tertiary/aromatic N) is 5. The number of oxime groups is 4. The Hall–Kier alpha value is -11.8. The van der Waals surface area contributed by atoms with Gasteiger partial charge in [-0.1, -0.05) is 129 Å². The van der Waals surface area contributed by atoms with Crippen molar-refractivity contribution in [2.24, 2.45) is 20.6 Å². The number of amides is 1. The molecule has 3 atom stereocenters. The Labute approximate surface area is 864 Å². The zero-order valence-electron chi connectivity index (χ0n) is 78.5. The number of benzene rings is 7. The molecule has 7 aliphatic carbocycles. The number of hydrogen-bond donors (Lipinski definition) is 3. The fourth-order valence-electron chi connectivity index (χ4n) is 13.0. The quantitative estimate of drug-likeness (QED) is 0.00322. The summed E-state index contributed by atoms with van der Waals surface area (Å²) in [5.74, 6) is -6.42. The van der Waals surface area contributed by atoms with Crippen molar-refractivity contribution >= 4 is 174 Å². The predicted molar refractivity (Wildman–Crippen MR) is 552 cm³/mol. The summed E-state index contributed by atoms with van der Waals surface area (Å²) in [4.78, 5) is 127. The number of carbonyl (C=O) groups excluding carboxylic acids is 8. The molecule has 18 rings (SSSR count). The van der Waals surface area contributed by atoms with Crippen LogP contribution in [-0.2, 0) is 126 Å². The summed E-state index contributed by atoms with van der Waals surface area (Å²) in [5.41, 5.74) is 1.38. The molecule has 10 fully saturated rings. The molecule has 3 N–H and O–H groups in total. The number of thioether (sulfide) groups is 2. The molecule has 3 saturated heterocycles. The second kappa shape index (κ2) is 56.9. The smallest absolute Gasteiger partial charge is 0.379 e. The molecule has 10 aliphatic rings. The summed E-state index contributed by atoms with van der Waals surface area (Å²) in [7, 11) is -11.7. The lowest BCUT2D eigenvalue weighted by atomic mass is 10.1. The SMILES string of the molecule is C.C.C.COC(=O)/C(=N/O)c1ccc(S(=O)(=O)C2CC2)cc1.COC(=O)/C(=N/O[C@@H]1CCOC1)c1ccc(S(=O)(=O)C2CC2)cc1.COC(=O)C(=O)c1ccc(S(=O)(=O)C2CC2)cc1.COC(=O)C(=O)c1ccc(SC2CC2)cc1.O=C(O)/C(=N/O[C@@H]1CCOC1)c1ccc(S(=O)(=O)C2CC2)cc1.O=Cc1cnc(NC(=O)/C(=N/O[C@@H]2CCOC2)c2ccc(S(=O)(=O)C3CC3)cc2)s1.[2H-].[BH4-].[CH3-].[F-].c1ccc(SC2CC2)cc1. The van der Waals surface area contributed by atoms with Crippen LogP contribution in [0.2, 0.25) is 0 Å². The van der Waals surface area contributed by atoms with Gasteiger partial charge in [0.25, 0.3) is 17.5 Å². The molecule has 146 heavy (non-hydrogen) atoms. The summed E-state index contributed by atoms with van der Waals surface area (Å²) in [6, 6.07) is 46.5. The minimum Gasteiger partial charge on any atom is -1.00 e. The molecule has 4 heterocycles. The first-order valence-electron chi connectivity index (χ1n) is 44.3. The summed E-state index contributed by atoms with van der Waals surface area (Å²) < 4.78 is 155. The number of nitrogens with one attached hydrogen (secondary N) is 1. The van der Waals surface area contributed by atoms with Crippen molar-refractivity contribution in [3.8, 4) is 0 Å². The minimum absolute atomic E-state index is 0. The number of methoxy groups -OCH3 is 4. The van der Waals surface area contributed by atoms with E-state index in [-0.39, 0.29) is 147 Å². The molecule has 1 aromatic heterocycles. The largest absolute Gasteiger partial charge is 1.00 e. The maximum atomic E-state index is 12.8. The van der Waals surface area contributed by atoms with Gasteiger partial charge in [-0.25, -0.2) is 71.0 Å². The third-order valence-electron chi connectivity index (χ3n) is 22.0. The first kappa shape index (κ1) is 123. The number of carboxylic acid groups (broad SMARTS) is 1. The molecule has 37 nitrogen and oxygen atoms in total. The topological polar surface area (TPSA) is 531 Å². The highest BCUT2D eigenvalue weighted by molar-refractivity contribution is 8.00. The molecular weight excluding hydrogens is 2060 g/mol. The number of halogens is 1. The monoisotopic (exact) mass is 2180 g/mol. The Kier molecular flexibility index (Phi) is 47.9. The molecule has 0 radical (unpaired) electrons. The van der Waals surface area contributed by atoms with Gasteiger partial charge < -0.3 is 71.5 Å². The first-order chi connectivity index (χ1) is 67.1. The highest BCUT2D eigenvalue weighted by atomic mass is 32.2. The first-order valence-corrected chi connectivity index (χ1v) is 54.6. The van der Waals surface area contributed by atoms with Crippen molar-refractivity contribution in [3.63, 3.8) is 0 Å². The summed E-state index contributed by atoms with van der Waals surface area (Å²) in [6.45, 7) is 2.92. The van der Waals surface area contributed by atoms with Gasteiger partial charge in [0.1, 0.15) is 0 Å². The van der Waals surface area contributed by atoms with Crippen LogP contribution in [0.5, 0.6) is 0 Å². The number of ketones is 2. The summed E-state index contributed by atoms with van der Waals surface area (Å²) in [5, 5.41) is 35.6. The van der Waals surface area contributed by atoms with Crippen LogP contribution in [-0.4, -0.2) is 265 Å². The third kappa shape index (κ3) is 35.2. The molecule has 0 unspecified atom stereocenters. The lowest BCUT2D eigenvalue weighted by molar-refractivity contribution is -0.135. The lowest BCUT2D eigenvalue weighted by Crippen LogP contribution is -3.00. The van der Waals surface area contributed by atoms with Gasteiger partial charge in [0.15, 0.2) is 102 Å². The number of anilines is 1. The van der Waals surface area contributed by atoms with E-state index in [0.29, 0.717) is 162 Å². The predicted octanol–water partition coefficient (Wildman–Crippen LogP) is 9.78. The Morgan fingerprint density at radius 3 is 0.959 bits per heavy atom. The molecule has 7 aromatic carbocycles. The van der Waals surface area contributed by atoms with Crippen molar-refractivity contribution in [2.75, 3.05) is 73.4 Å². The molecule has 8 aromatic rings. The average Bonchev–Trinajstić information content (AvgIpc) is 1.61. The maximum Gasteiger partial charge on any atom is 0.379 e. The van der Waals surface area contributed by atoms with Crippen molar-refractivity contribution in [1.29, 1.82) is 0 Å². The molecule has 0 spiro atoms. The van der Waals surface area contributed by atoms with Crippen molar-refractivity contribution in [3.05, 3.63) is 228 Å². The van der Waals surface area contributed by atoms with Gasteiger partial charge in [-0.05, 0) is 199 Å². The number of aromatic nitrogens is 1. The standard InChI is InChI=1S/C19H19N3O6S2.C16H19NO6S.C15H17NO6S.C12H13NO5S.C12H12O5S.C12H12O3S.C9H10S.3CH4.CH3.BH4.FH.H/c23-10-14-9-20-19(29-14)21-18(24)17(22-28-13-7-8-27-11-13)12-1-3-15(4-2-12)30(25,26)16-5-6-16;1-21-16(18)15(17-23-12-8-9-22-10-12)11-2-4-13(5-3-11)24(19,20)14-6-7-14;17-15(18)14(16-22-11-7-8-21-9-11)10-1-3-12(4-2-10)23(19,20)13-5-6-13;1-18-12(14)11(13-15)8-2-4-9(5-3-8)19(16,17)10-6-7-10;1-17-12(14)11(13)8-2-4-9(5-3-8)18(15,16)10-6-7-10;1-15-12(14)11(13)8-2-4-9(5-3-8)16-10-6-7-10;1-2-4-8(5-3-1)10-9-6-7-9;;;;;;;/h1-4,9-10,13,16H,5-8,11H2,(H,20,21,24);2-5,12,14H,6-10H2,1H3;1-4,11,13H,5-9H2,(H,17,18);2-5,10,15H,6-7H2,1H3;2-5,10H,6-7H2,1H3;2-5,10H,6-7H2,1H3;1-5,9H,6-7H2;3*1H4;1H3;1H4;1H;/q;;;;;;;;;;2*-1;;-1/p-1/b22-17+;17-15+;16-14+;13-11+;;;;;;;;;;/t13-;12-;11-;;;;;;;;;;;/m111.........../s1/i;;;;;;;;;;;;;1+1. The van der Waals surface area contributed by atoms with Gasteiger partial charge >= 0.3 is 29.8 Å². The average molecular weight is 2180 g/mol. The Morgan fingerprint density at radius 2 is 0.678 bits per heavy atom. The highest BCUT2D eigenvalue weighted by Crippen LogP contribution is 2.42. The molecular formula is C99H122BFN6O31S8-4. The van der Waals surface area contributed by atoms with Gasteiger partial charge in [0, 0.05) is 72.9 Å². The van der Waals surface area contributed by atoms with E-state index in [2.05, 4.69) is 75.5 Å². The zero-order chi connectivity index (χ0) is 100. The van der Waals surface area contributed by atoms with Gasteiger partial charge in [-0.3, -0.25) is 24.5 Å². The van der Waals surface area contributed by atoms with E-state index in [1.807, 2.05) is 35.7 Å². The second-order valence-electron chi connectivity index (χ2n) is 32.9. The van der Waals surface area contributed by atoms with Crippen LogP contribution in [0, 0.1) is 7.43 Å². The molecule has 7 saturated carbocycles. The number of thiazole rings is 1. The van der Waals surface area contributed by atoms with Crippen LogP contribution in [0.25, 0.3) is 0 Å². The molecule has 796 valence electrons. The number of ether oxygens (including phenoxy) is 7. The normalized spacial score (nSPS) is 17.8. The van der Waals surface area contributed by atoms with Gasteiger partial charge in [-0.2, -0.15) is 0 Å². The van der Waals surface area contributed by atoms with Gasteiger partial charge in [0.2, 0.25) is 0 Å². The van der Waals surface area contributed by atoms with Crippen LogP contribution in [0.4, 0.5) is 5.13 Å². The Morgan fingerprint density at radius 1 is 0.397 bits per heavy atom. The molecule has 47 heteroatoms. The van der Waals surface area contributed by atoms with Crippen LogP contribution < -0.4 is 10.0 Å². The number of carbonyl (C=O) groups is 9. The molecule has 1 amide bonds. The number of hydrogen-bond acceptors (Lipinski definition) is 38. The van der Waals surface area contributed by atoms with Gasteiger partial charge in [-0.15, -0.1) is 23.5 Å². The van der Waals surface area contributed by atoms with Crippen LogP contribution in [0.1, 0.15) is 186 Å². The van der Waals surface area contributed by atoms with Crippen LogP contribution in [0.3, 0.4) is 0 Å². The van der Waals surface area contributed by atoms with Crippen LogP contribution in [0.15, 0.2) is 237 Å².